The summed E-state index contributed by atoms with van der Waals surface area (Å²) in [5, 5.41) is 6.77. The van der Waals surface area contributed by atoms with Crippen LogP contribution < -0.4 is 5.32 Å². The van der Waals surface area contributed by atoms with Gasteiger partial charge in [-0.3, -0.25) is 4.79 Å². The molecule has 0 fully saturated rings. The number of fused-ring (bicyclic) bond motifs is 1. The molecular formula is C19H18N4OS. The summed E-state index contributed by atoms with van der Waals surface area (Å²) < 4.78 is 4.14. The number of hydrogen-bond acceptors (Lipinski definition) is 3. The molecule has 0 bridgehead atoms. The molecule has 126 valence electrons. The van der Waals surface area contributed by atoms with E-state index in [1.54, 1.807) is 0 Å². The van der Waals surface area contributed by atoms with Crippen LogP contribution in [-0.4, -0.2) is 26.6 Å². The molecule has 3 heterocycles. The van der Waals surface area contributed by atoms with Crippen molar-refractivity contribution in [1.82, 2.24) is 19.4 Å². The molecule has 0 aliphatic carbocycles. The average molecular weight is 350 g/mol. The van der Waals surface area contributed by atoms with Gasteiger partial charge in [0.25, 0.3) is 5.91 Å². The average Bonchev–Trinajstić information content (AvgIpc) is 3.35. The van der Waals surface area contributed by atoms with Crippen LogP contribution in [0.15, 0.2) is 60.2 Å². The van der Waals surface area contributed by atoms with Crippen LogP contribution in [0.25, 0.3) is 21.6 Å². The van der Waals surface area contributed by atoms with E-state index in [1.165, 1.54) is 16.7 Å². The first-order valence-electron chi connectivity index (χ1n) is 8.12. The molecule has 4 rings (SSSR count). The van der Waals surface area contributed by atoms with Crippen LogP contribution in [0, 0.1) is 0 Å². The van der Waals surface area contributed by atoms with Gasteiger partial charge in [-0.2, -0.15) is 0 Å². The lowest BCUT2D eigenvalue weighted by Crippen LogP contribution is -2.27. The normalized spacial score (nSPS) is 11.1. The number of aromatic nitrogens is 3. The lowest BCUT2D eigenvalue weighted by atomic mass is 10.2. The Morgan fingerprint density at radius 1 is 1.20 bits per heavy atom. The molecule has 1 aromatic carbocycles. The van der Waals surface area contributed by atoms with E-state index in [2.05, 4.69) is 33.1 Å². The van der Waals surface area contributed by atoms with Crippen molar-refractivity contribution in [3.63, 3.8) is 0 Å². The maximum absolute atomic E-state index is 12.3. The lowest BCUT2D eigenvalue weighted by molar-refractivity contribution is 0.0948. The predicted octanol–water partition coefficient (Wildman–Crippen LogP) is 3.53. The molecule has 0 aliphatic rings. The highest BCUT2D eigenvalue weighted by molar-refractivity contribution is 7.13. The first kappa shape index (κ1) is 15.7. The van der Waals surface area contributed by atoms with Crippen LogP contribution in [-0.2, 0) is 13.6 Å². The molecule has 3 aromatic heterocycles. The second kappa shape index (κ2) is 6.57. The van der Waals surface area contributed by atoms with Crippen LogP contribution in [0.3, 0.4) is 0 Å². The maximum atomic E-state index is 12.3. The van der Waals surface area contributed by atoms with E-state index in [-0.39, 0.29) is 5.91 Å². The summed E-state index contributed by atoms with van der Waals surface area (Å²) in [6.45, 7) is 1.33. The number of carbonyl (C=O) groups is 1. The quantitative estimate of drug-likeness (QED) is 0.599. The number of nitrogens with one attached hydrogen (secondary N) is 1. The van der Waals surface area contributed by atoms with Crippen molar-refractivity contribution < 1.29 is 4.79 Å². The fraction of sp³-hybridized carbons (Fsp3) is 0.158. The molecule has 6 heteroatoms. The van der Waals surface area contributed by atoms with Gasteiger partial charge in [0.05, 0.1) is 5.69 Å². The first-order chi connectivity index (χ1) is 12.2. The molecule has 0 saturated heterocycles. The topological polar surface area (TPSA) is 51.9 Å². The molecule has 1 amide bonds. The number of carbonyl (C=O) groups excluding carboxylic acids is 1. The Hall–Kier alpha value is -2.86. The monoisotopic (exact) mass is 350 g/mol. The van der Waals surface area contributed by atoms with Crippen molar-refractivity contribution >= 4 is 28.1 Å². The van der Waals surface area contributed by atoms with Crippen LogP contribution in [0.4, 0.5) is 0 Å². The zero-order valence-electron chi connectivity index (χ0n) is 13.8. The Morgan fingerprint density at radius 3 is 2.80 bits per heavy atom. The number of hydrogen-bond donors (Lipinski definition) is 1. The van der Waals surface area contributed by atoms with Crippen LogP contribution in [0.1, 0.15) is 10.5 Å². The number of nitrogens with zero attached hydrogens (tertiary/aromatic N) is 3. The highest BCUT2D eigenvalue weighted by Gasteiger charge is 2.14. The minimum absolute atomic E-state index is 0.131. The Bertz CT molecular complexity index is 1010. The van der Waals surface area contributed by atoms with Gasteiger partial charge in [0.15, 0.2) is 0 Å². The molecule has 0 radical (unpaired) electrons. The van der Waals surface area contributed by atoms with Gasteiger partial charge >= 0.3 is 0 Å². The van der Waals surface area contributed by atoms with Crippen molar-refractivity contribution in [2.24, 2.45) is 7.05 Å². The van der Waals surface area contributed by atoms with Crippen LogP contribution in [0.5, 0.6) is 0 Å². The SMILES string of the molecule is Cn1c(-c2nc(C(=O)NCCn3cccc3)cs2)cc2ccccc21. The van der Waals surface area contributed by atoms with Crippen molar-refractivity contribution in [3.05, 3.63) is 65.9 Å². The van der Waals surface area contributed by atoms with E-state index in [4.69, 9.17) is 0 Å². The summed E-state index contributed by atoms with van der Waals surface area (Å²) >= 11 is 1.49. The number of amides is 1. The Labute approximate surface area is 149 Å². The zero-order valence-corrected chi connectivity index (χ0v) is 14.7. The number of para-hydroxylation sites is 1. The summed E-state index contributed by atoms with van der Waals surface area (Å²) in [5.74, 6) is -0.131. The number of benzene rings is 1. The molecule has 1 N–H and O–H groups in total. The molecule has 4 aromatic rings. The summed E-state index contributed by atoms with van der Waals surface area (Å²) in [7, 11) is 2.02. The largest absolute Gasteiger partial charge is 0.353 e. The van der Waals surface area contributed by atoms with Gasteiger partial charge in [0, 0.05) is 48.8 Å². The third kappa shape index (κ3) is 3.08. The van der Waals surface area contributed by atoms with Crippen molar-refractivity contribution in [2.75, 3.05) is 6.54 Å². The van der Waals surface area contributed by atoms with Gasteiger partial charge in [0.2, 0.25) is 0 Å². The van der Waals surface area contributed by atoms with E-state index in [0.717, 1.165) is 22.8 Å². The first-order valence-corrected chi connectivity index (χ1v) is 8.99. The molecule has 0 aliphatic heterocycles. The van der Waals surface area contributed by atoms with E-state index >= 15 is 0 Å². The van der Waals surface area contributed by atoms with E-state index in [1.807, 2.05) is 53.7 Å². The predicted molar refractivity (Wildman–Crippen MR) is 101 cm³/mol. The second-order valence-electron chi connectivity index (χ2n) is 5.86. The Morgan fingerprint density at radius 2 is 2.00 bits per heavy atom. The third-order valence-electron chi connectivity index (χ3n) is 4.23. The third-order valence-corrected chi connectivity index (χ3v) is 5.09. The molecular weight excluding hydrogens is 332 g/mol. The van der Waals surface area contributed by atoms with Gasteiger partial charge in [-0.25, -0.2) is 4.98 Å². The van der Waals surface area contributed by atoms with Gasteiger partial charge < -0.3 is 14.5 Å². The fourth-order valence-corrected chi connectivity index (χ4v) is 3.75. The van der Waals surface area contributed by atoms with E-state index in [0.29, 0.717) is 12.2 Å². The maximum Gasteiger partial charge on any atom is 0.270 e. The van der Waals surface area contributed by atoms with Crippen molar-refractivity contribution in [3.8, 4) is 10.7 Å². The molecule has 25 heavy (non-hydrogen) atoms. The molecule has 0 saturated carbocycles. The van der Waals surface area contributed by atoms with Crippen molar-refractivity contribution in [1.29, 1.82) is 0 Å². The minimum Gasteiger partial charge on any atom is -0.353 e. The number of thiazole rings is 1. The van der Waals surface area contributed by atoms with Crippen LogP contribution >= 0.6 is 11.3 Å². The summed E-state index contributed by atoms with van der Waals surface area (Å²) in [6.07, 6.45) is 3.96. The van der Waals surface area contributed by atoms with E-state index < -0.39 is 0 Å². The highest BCUT2D eigenvalue weighted by atomic mass is 32.1. The molecule has 0 spiro atoms. The molecule has 5 nitrogen and oxygen atoms in total. The Balaban J connectivity index is 1.49. The highest BCUT2D eigenvalue weighted by Crippen LogP contribution is 2.29. The van der Waals surface area contributed by atoms with Gasteiger partial charge in [-0.1, -0.05) is 18.2 Å². The van der Waals surface area contributed by atoms with E-state index in [9.17, 15) is 4.79 Å². The standard InChI is InChI=1S/C19H18N4OS/c1-22-16-7-3-2-6-14(16)12-17(22)19-21-15(13-25-19)18(24)20-8-11-23-9-4-5-10-23/h2-7,9-10,12-13H,8,11H2,1H3,(H,20,24). The van der Waals surface area contributed by atoms with Gasteiger partial charge in [-0.15, -0.1) is 11.3 Å². The summed E-state index contributed by atoms with van der Waals surface area (Å²) in [5.41, 5.74) is 2.65. The number of aryl methyl sites for hydroxylation is 1. The smallest absolute Gasteiger partial charge is 0.270 e. The summed E-state index contributed by atoms with van der Waals surface area (Å²) in [4.78, 5) is 16.8. The van der Waals surface area contributed by atoms with Gasteiger partial charge in [0.1, 0.15) is 10.7 Å². The second-order valence-corrected chi connectivity index (χ2v) is 6.72. The van der Waals surface area contributed by atoms with Crippen molar-refractivity contribution in [2.45, 2.75) is 6.54 Å². The molecule has 0 unspecified atom stereocenters. The lowest BCUT2D eigenvalue weighted by Gasteiger charge is -2.04. The Kier molecular flexibility index (Phi) is 4.11. The minimum atomic E-state index is -0.131. The number of rotatable bonds is 5. The zero-order chi connectivity index (χ0) is 17.2. The van der Waals surface area contributed by atoms with Crippen LogP contribution in [0.2, 0.25) is 0 Å². The molecule has 0 atom stereocenters. The fourth-order valence-electron chi connectivity index (χ4n) is 2.90. The summed E-state index contributed by atoms with van der Waals surface area (Å²) in [6, 6.07) is 14.3. The van der Waals surface area contributed by atoms with Gasteiger partial charge in [-0.05, 0) is 24.3 Å².